The Morgan fingerprint density at radius 3 is 2.73 bits per heavy atom. The van der Waals surface area contributed by atoms with E-state index in [4.69, 9.17) is 14.3 Å². The molecule has 13 heteroatoms. The topological polar surface area (TPSA) is 138 Å². The van der Waals surface area contributed by atoms with Gasteiger partial charge in [-0.15, -0.1) is 0 Å². The number of carbonyl (C=O) groups is 2. The number of nitrogens with one attached hydrogen (secondary N) is 1. The van der Waals surface area contributed by atoms with E-state index in [0.717, 1.165) is 15.9 Å². The van der Waals surface area contributed by atoms with Crippen molar-refractivity contribution < 1.29 is 39.2 Å². The molecule has 1 aromatic carbocycles. The number of aliphatic hydroxyl groups excluding tert-OH is 1. The van der Waals surface area contributed by atoms with Crippen LogP contribution in [0, 0.1) is 0 Å². The number of fused-ring (bicyclic) bond motifs is 4. The van der Waals surface area contributed by atoms with Gasteiger partial charge in [0.1, 0.15) is 23.9 Å². The smallest absolute Gasteiger partial charge is 0.272 e. The van der Waals surface area contributed by atoms with Gasteiger partial charge in [-0.3, -0.25) is 14.4 Å². The lowest BCUT2D eigenvalue weighted by Crippen LogP contribution is -2.77. The number of hydrogen-bond acceptors (Lipinski definition) is 10. The lowest BCUT2D eigenvalue weighted by molar-refractivity contribution is -0.312. The standard InChI is InChI=1S/C20H21BrN2O8S2/c1-29-10-5-3-8(13(25)14(10)30-2)15-12-17(26)23-20(33-32-15,18(27)22-12)7-19(28)11(21)6-4-9(24)16(19)31-23/h3-6,9,11-12,15-16,24-25,28H,7H2,1-2H3,(H,22,27). The number of methoxy groups -OCH3 is 2. The largest absolute Gasteiger partial charge is 0.504 e. The van der Waals surface area contributed by atoms with Gasteiger partial charge in [-0.1, -0.05) is 55.7 Å². The molecule has 7 unspecified atom stereocenters. The third-order valence-corrected chi connectivity index (χ3v) is 10.8. The van der Waals surface area contributed by atoms with Gasteiger partial charge in [0.15, 0.2) is 11.5 Å². The summed E-state index contributed by atoms with van der Waals surface area (Å²) in [5, 5.41) is 35.8. The molecule has 4 heterocycles. The van der Waals surface area contributed by atoms with Crippen LogP contribution in [0.5, 0.6) is 17.2 Å². The van der Waals surface area contributed by atoms with E-state index in [-0.39, 0.29) is 17.9 Å². The molecule has 178 valence electrons. The monoisotopic (exact) mass is 560 g/mol. The number of amides is 2. The molecule has 1 spiro atoms. The van der Waals surface area contributed by atoms with Crippen LogP contribution < -0.4 is 14.8 Å². The van der Waals surface area contributed by atoms with E-state index < -0.39 is 50.6 Å². The first-order valence-electron chi connectivity index (χ1n) is 10.0. The van der Waals surface area contributed by atoms with Crippen LogP contribution in [-0.4, -0.2) is 80.0 Å². The fourth-order valence-corrected chi connectivity index (χ4v) is 8.78. The Morgan fingerprint density at radius 2 is 2.03 bits per heavy atom. The highest BCUT2D eigenvalue weighted by molar-refractivity contribution is 9.09. The van der Waals surface area contributed by atoms with Gasteiger partial charge in [-0.05, 0) is 6.07 Å². The number of alkyl halides is 1. The number of aromatic hydroxyl groups is 1. The molecule has 2 bridgehead atoms. The van der Waals surface area contributed by atoms with Gasteiger partial charge in [-0.2, -0.15) is 5.06 Å². The summed E-state index contributed by atoms with van der Waals surface area (Å²) in [6, 6.07) is 2.16. The number of rotatable bonds is 3. The number of halogens is 1. The van der Waals surface area contributed by atoms with E-state index >= 15 is 0 Å². The highest BCUT2D eigenvalue weighted by atomic mass is 79.9. The fourth-order valence-electron chi connectivity index (χ4n) is 4.66. The Balaban J connectivity index is 1.58. The van der Waals surface area contributed by atoms with Crippen LogP contribution in [0.4, 0.5) is 0 Å². The van der Waals surface area contributed by atoms with Crippen molar-refractivity contribution >= 4 is 49.3 Å². The number of benzene rings is 1. The first-order chi connectivity index (χ1) is 15.7. The normalized spacial score (nSPS) is 39.4. The molecule has 4 fully saturated rings. The molecule has 5 aliphatic rings. The maximum absolute atomic E-state index is 13.6. The molecule has 1 aliphatic carbocycles. The van der Waals surface area contributed by atoms with Gasteiger partial charge in [0.05, 0.1) is 24.3 Å². The Bertz CT molecular complexity index is 1060. The van der Waals surface area contributed by atoms with Crippen LogP contribution in [0.3, 0.4) is 0 Å². The zero-order valence-corrected chi connectivity index (χ0v) is 20.6. The minimum Gasteiger partial charge on any atom is -0.504 e. The average Bonchev–Trinajstić information content (AvgIpc) is 2.99. The molecule has 10 nitrogen and oxygen atoms in total. The summed E-state index contributed by atoms with van der Waals surface area (Å²) in [4.78, 5) is 30.6. The summed E-state index contributed by atoms with van der Waals surface area (Å²) >= 11 is 3.40. The molecule has 1 aromatic rings. The number of piperazine rings is 1. The van der Waals surface area contributed by atoms with Crippen molar-refractivity contribution in [3.8, 4) is 17.2 Å². The summed E-state index contributed by atoms with van der Waals surface area (Å²) in [5.41, 5.74) is -1.27. The van der Waals surface area contributed by atoms with Gasteiger partial charge in [0.25, 0.3) is 11.8 Å². The molecular formula is C20H21BrN2O8S2. The van der Waals surface area contributed by atoms with Gasteiger partial charge in [-0.25, -0.2) is 0 Å². The summed E-state index contributed by atoms with van der Waals surface area (Å²) in [7, 11) is 5.12. The number of phenolic OH excluding ortho intramolecular Hbond substituents is 1. The molecule has 0 aromatic heterocycles. The van der Waals surface area contributed by atoms with E-state index in [9.17, 15) is 24.9 Å². The molecule has 2 amide bonds. The van der Waals surface area contributed by atoms with Crippen LogP contribution in [0.15, 0.2) is 24.3 Å². The minimum atomic E-state index is -1.64. The second-order valence-electron chi connectivity index (χ2n) is 8.18. The number of ether oxygens (including phenoxy) is 2. The minimum absolute atomic E-state index is 0.113. The van der Waals surface area contributed by atoms with Gasteiger partial charge in [0.2, 0.25) is 10.6 Å². The average molecular weight is 561 g/mol. The van der Waals surface area contributed by atoms with Crippen molar-refractivity contribution in [3.05, 3.63) is 29.8 Å². The Labute approximate surface area is 205 Å². The predicted octanol–water partition coefficient (Wildman–Crippen LogP) is 0.998. The number of hydrogen-bond donors (Lipinski definition) is 4. The summed E-state index contributed by atoms with van der Waals surface area (Å²) < 4.78 is 10.5. The first kappa shape index (κ1) is 23.1. The van der Waals surface area contributed by atoms with E-state index in [1.165, 1.54) is 31.1 Å². The second-order valence-corrected chi connectivity index (χ2v) is 11.8. The molecule has 0 saturated carbocycles. The Kier molecular flexibility index (Phi) is 5.57. The van der Waals surface area contributed by atoms with Crippen LogP contribution in [0.2, 0.25) is 0 Å². The van der Waals surface area contributed by atoms with Crippen molar-refractivity contribution in [2.45, 2.75) is 45.2 Å². The molecule has 6 rings (SSSR count). The quantitative estimate of drug-likeness (QED) is 0.240. The van der Waals surface area contributed by atoms with Crippen molar-refractivity contribution in [1.82, 2.24) is 10.4 Å². The zero-order valence-electron chi connectivity index (χ0n) is 17.4. The van der Waals surface area contributed by atoms with Crippen molar-refractivity contribution in [2.24, 2.45) is 0 Å². The maximum atomic E-state index is 13.6. The van der Waals surface area contributed by atoms with Crippen molar-refractivity contribution in [1.29, 1.82) is 0 Å². The number of carbonyl (C=O) groups excluding carboxylic acids is 2. The van der Waals surface area contributed by atoms with Crippen LogP contribution in [-0.2, 0) is 14.4 Å². The molecule has 4 N–H and O–H groups in total. The Morgan fingerprint density at radius 1 is 1.27 bits per heavy atom. The van der Waals surface area contributed by atoms with E-state index in [1.54, 1.807) is 18.2 Å². The number of hydroxylamine groups is 2. The molecule has 33 heavy (non-hydrogen) atoms. The summed E-state index contributed by atoms with van der Waals surface area (Å²) in [5.74, 6) is -0.808. The summed E-state index contributed by atoms with van der Waals surface area (Å²) in [6.45, 7) is 0. The van der Waals surface area contributed by atoms with E-state index in [0.29, 0.717) is 11.3 Å². The van der Waals surface area contributed by atoms with Crippen molar-refractivity contribution in [3.63, 3.8) is 0 Å². The first-order valence-corrected chi connectivity index (χ1v) is 13.1. The SMILES string of the molecule is COc1ccc(C2SSC34CC5(O)C(Br)C=CC(O)C5ON3C(=O)C2NC4=O)c(O)c1OC. The molecular weight excluding hydrogens is 540 g/mol. The third-order valence-electron chi connectivity index (χ3n) is 6.38. The number of nitrogens with zero attached hydrogens (tertiary/aromatic N) is 1. The van der Waals surface area contributed by atoms with Gasteiger partial charge >= 0.3 is 0 Å². The van der Waals surface area contributed by atoms with E-state index in [1.807, 2.05) is 0 Å². The predicted molar refractivity (Wildman–Crippen MR) is 123 cm³/mol. The van der Waals surface area contributed by atoms with Crippen LogP contribution in [0.25, 0.3) is 0 Å². The summed E-state index contributed by atoms with van der Waals surface area (Å²) in [6.07, 6.45) is 0.591. The molecule has 7 atom stereocenters. The molecule has 0 radical (unpaired) electrons. The Hall–Kier alpha value is -1.64. The molecule has 4 saturated heterocycles. The third kappa shape index (κ3) is 3.13. The van der Waals surface area contributed by atoms with Gasteiger partial charge < -0.3 is 30.1 Å². The number of aliphatic hydroxyl groups is 2. The fraction of sp³-hybridized carbons (Fsp3) is 0.500. The zero-order chi connectivity index (χ0) is 23.7. The van der Waals surface area contributed by atoms with Crippen LogP contribution >= 0.6 is 37.5 Å². The highest BCUT2D eigenvalue weighted by Crippen LogP contribution is 2.61. The van der Waals surface area contributed by atoms with Gasteiger partial charge in [0, 0.05) is 12.0 Å². The molecule has 4 aliphatic heterocycles. The maximum Gasteiger partial charge on any atom is 0.272 e. The van der Waals surface area contributed by atoms with Crippen LogP contribution in [0.1, 0.15) is 17.2 Å². The second kappa shape index (κ2) is 7.95. The lowest BCUT2D eigenvalue weighted by atomic mass is 9.77. The highest BCUT2D eigenvalue weighted by Gasteiger charge is 2.69. The van der Waals surface area contributed by atoms with E-state index in [2.05, 4.69) is 21.2 Å². The number of phenols is 1. The van der Waals surface area contributed by atoms with Crippen molar-refractivity contribution in [2.75, 3.05) is 14.2 Å². The lowest BCUT2D eigenvalue weighted by Gasteiger charge is -2.56.